The summed E-state index contributed by atoms with van der Waals surface area (Å²) in [4.78, 5) is 28.0. The monoisotopic (exact) mass is 388 g/mol. The summed E-state index contributed by atoms with van der Waals surface area (Å²) >= 11 is 1.66. The van der Waals surface area contributed by atoms with Crippen molar-refractivity contribution in [2.24, 2.45) is 7.05 Å². The molecule has 0 aromatic carbocycles. The van der Waals surface area contributed by atoms with E-state index in [0.29, 0.717) is 12.2 Å². The van der Waals surface area contributed by atoms with Gasteiger partial charge in [-0.2, -0.15) is 0 Å². The highest BCUT2D eigenvalue weighted by Crippen LogP contribution is 2.31. The average Bonchev–Trinajstić information content (AvgIpc) is 3.31. The Balaban J connectivity index is 1.69. The van der Waals surface area contributed by atoms with Gasteiger partial charge in [0.15, 0.2) is 0 Å². The van der Waals surface area contributed by atoms with Crippen molar-refractivity contribution in [3.05, 3.63) is 45.9 Å². The second-order valence-corrected chi connectivity index (χ2v) is 8.05. The summed E-state index contributed by atoms with van der Waals surface area (Å²) < 4.78 is 1.95. The number of thiophene rings is 1. The van der Waals surface area contributed by atoms with Gasteiger partial charge in [-0.1, -0.05) is 12.5 Å². The lowest BCUT2D eigenvalue weighted by molar-refractivity contribution is -0.123. The molecule has 27 heavy (non-hydrogen) atoms. The summed E-state index contributed by atoms with van der Waals surface area (Å²) in [5, 5.41) is 7.81. The van der Waals surface area contributed by atoms with Crippen molar-refractivity contribution in [1.82, 2.24) is 20.1 Å². The standard InChI is InChI=1S/C20H28N4O2S/c1-14(18-8-6-12-27-18)22-19(25)13-24-11-5-4-7-16(24)15-9-10-17(23(15)3)20(26)21-2/h6,8-10,12,14,16H,4-5,7,11,13H2,1-3H3,(H,21,26)(H,22,25)/t14-,16-/m0/s1. The van der Waals surface area contributed by atoms with Crippen LogP contribution in [0, 0.1) is 0 Å². The molecule has 7 heteroatoms. The molecule has 0 unspecified atom stereocenters. The van der Waals surface area contributed by atoms with Gasteiger partial charge in [0.2, 0.25) is 5.91 Å². The lowest BCUT2D eigenvalue weighted by Gasteiger charge is -2.35. The highest BCUT2D eigenvalue weighted by molar-refractivity contribution is 7.10. The van der Waals surface area contributed by atoms with E-state index in [9.17, 15) is 9.59 Å². The number of nitrogens with one attached hydrogen (secondary N) is 2. The third-order valence-corrected chi connectivity index (χ3v) is 6.32. The molecular formula is C20H28N4O2S. The van der Waals surface area contributed by atoms with Crippen molar-refractivity contribution in [3.8, 4) is 0 Å². The van der Waals surface area contributed by atoms with Crippen LogP contribution in [-0.4, -0.2) is 41.4 Å². The Kier molecular flexibility index (Phi) is 6.34. The molecule has 2 aromatic rings. The maximum atomic E-state index is 12.6. The molecule has 3 heterocycles. The Morgan fingerprint density at radius 3 is 2.81 bits per heavy atom. The number of hydrogen-bond donors (Lipinski definition) is 2. The molecule has 0 aliphatic carbocycles. The normalized spacial score (nSPS) is 18.9. The van der Waals surface area contributed by atoms with E-state index in [1.54, 1.807) is 18.4 Å². The van der Waals surface area contributed by atoms with E-state index < -0.39 is 0 Å². The molecule has 6 nitrogen and oxygen atoms in total. The van der Waals surface area contributed by atoms with E-state index in [1.807, 2.05) is 48.2 Å². The van der Waals surface area contributed by atoms with Crippen molar-refractivity contribution in [2.75, 3.05) is 20.1 Å². The lowest BCUT2D eigenvalue weighted by atomic mass is 9.99. The minimum absolute atomic E-state index is 0.0237. The topological polar surface area (TPSA) is 66.4 Å². The van der Waals surface area contributed by atoms with Crippen LogP contribution in [0.5, 0.6) is 0 Å². The van der Waals surface area contributed by atoms with Crippen LogP contribution in [0.3, 0.4) is 0 Å². The van der Waals surface area contributed by atoms with Gasteiger partial charge in [-0.05, 0) is 49.9 Å². The summed E-state index contributed by atoms with van der Waals surface area (Å²) in [5.41, 5.74) is 1.74. The SMILES string of the molecule is CNC(=O)c1ccc([C@@H]2CCCCN2CC(=O)N[C@@H](C)c2cccs2)n1C. The zero-order valence-corrected chi connectivity index (χ0v) is 17.0. The number of hydrogen-bond acceptors (Lipinski definition) is 4. The van der Waals surface area contributed by atoms with Gasteiger partial charge in [-0.25, -0.2) is 0 Å². The Labute approximate surface area is 164 Å². The fourth-order valence-corrected chi connectivity index (χ4v) is 4.55. The Morgan fingerprint density at radius 2 is 2.11 bits per heavy atom. The number of likely N-dealkylation sites (tertiary alicyclic amines) is 1. The number of piperidine rings is 1. The molecule has 1 aliphatic rings. The summed E-state index contributed by atoms with van der Waals surface area (Å²) in [6.45, 7) is 3.29. The van der Waals surface area contributed by atoms with Gasteiger partial charge in [-0.15, -0.1) is 11.3 Å². The molecule has 0 spiro atoms. The predicted molar refractivity (Wildman–Crippen MR) is 108 cm³/mol. The van der Waals surface area contributed by atoms with E-state index in [2.05, 4.69) is 15.5 Å². The number of nitrogens with zero attached hydrogens (tertiary/aromatic N) is 2. The number of aromatic nitrogens is 1. The summed E-state index contributed by atoms with van der Waals surface area (Å²) in [5.74, 6) is -0.0443. The van der Waals surface area contributed by atoms with Gasteiger partial charge < -0.3 is 15.2 Å². The van der Waals surface area contributed by atoms with Gasteiger partial charge in [-0.3, -0.25) is 14.5 Å². The van der Waals surface area contributed by atoms with Crippen LogP contribution in [0.2, 0.25) is 0 Å². The number of carbonyl (C=O) groups excluding carboxylic acids is 2. The molecule has 2 atom stereocenters. The molecule has 1 fully saturated rings. The zero-order chi connectivity index (χ0) is 19.4. The van der Waals surface area contributed by atoms with Crippen LogP contribution >= 0.6 is 11.3 Å². The van der Waals surface area contributed by atoms with Crippen LogP contribution in [0.25, 0.3) is 0 Å². The molecule has 0 radical (unpaired) electrons. The summed E-state index contributed by atoms with van der Waals surface area (Å²) in [6.07, 6.45) is 3.23. The van der Waals surface area contributed by atoms with Crippen LogP contribution in [0.15, 0.2) is 29.6 Å². The molecule has 3 rings (SSSR count). The molecule has 2 N–H and O–H groups in total. The number of rotatable bonds is 6. The predicted octanol–water partition coefficient (Wildman–Crippen LogP) is 2.85. The number of carbonyl (C=O) groups is 2. The van der Waals surface area contributed by atoms with E-state index in [-0.39, 0.29) is 23.9 Å². The Bertz CT molecular complexity index is 784. The third-order valence-electron chi connectivity index (χ3n) is 5.27. The van der Waals surface area contributed by atoms with Crippen LogP contribution in [-0.2, 0) is 11.8 Å². The molecule has 1 saturated heterocycles. The number of amides is 2. The molecule has 1 aliphatic heterocycles. The van der Waals surface area contributed by atoms with Crippen molar-refractivity contribution in [1.29, 1.82) is 0 Å². The summed E-state index contributed by atoms with van der Waals surface area (Å²) in [6, 6.07) is 8.10. The van der Waals surface area contributed by atoms with Gasteiger partial charge in [0.05, 0.1) is 18.6 Å². The van der Waals surface area contributed by atoms with Crippen molar-refractivity contribution in [2.45, 2.75) is 38.3 Å². The largest absolute Gasteiger partial charge is 0.354 e. The molecule has 2 aromatic heterocycles. The highest BCUT2D eigenvalue weighted by Gasteiger charge is 2.29. The quantitative estimate of drug-likeness (QED) is 0.800. The Morgan fingerprint density at radius 1 is 1.30 bits per heavy atom. The van der Waals surface area contributed by atoms with E-state index in [1.165, 1.54) is 0 Å². The maximum Gasteiger partial charge on any atom is 0.267 e. The minimum Gasteiger partial charge on any atom is -0.354 e. The highest BCUT2D eigenvalue weighted by atomic mass is 32.1. The van der Waals surface area contributed by atoms with E-state index in [0.717, 1.165) is 36.4 Å². The first kappa shape index (κ1) is 19.6. The molecule has 2 amide bonds. The Hall–Kier alpha value is -2.12. The molecular weight excluding hydrogens is 360 g/mol. The van der Waals surface area contributed by atoms with Gasteiger partial charge >= 0.3 is 0 Å². The average molecular weight is 389 g/mol. The van der Waals surface area contributed by atoms with Crippen LogP contribution in [0.4, 0.5) is 0 Å². The second-order valence-electron chi connectivity index (χ2n) is 7.07. The van der Waals surface area contributed by atoms with E-state index in [4.69, 9.17) is 0 Å². The fourth-order valence-electron chi connectivity index (χ4n) is 3.81. The van der Waals surface area contributed by atoms with Crippen molar-refractivity contribution < 1.29 is 9.59 Å². The molecule has 146 valence electrons. The van der Waals surface area contributed by atoms with Gasteiger partial charge in [0.25, 0.3) is 5.91 Å². The van der Waals surface area contributed by atoms with Gasteiger partial charge in [0, 0.05) is 24.7 Å². The zero-order valence-electron chi connectivity index (χ0n) is 16.2. The van der Waals surface area contributed by atoms with E-state index >= 15 is 0 Å². The second kappa shape index (κ2) is 8.71. The lowest BCUT2D eigenvalue weighted by Crippen LogP contribution is -2.42. The van der Waals surface area contributed by atoms with Gasteiger partial charge in [0.1, 0.15) is 5.69 Å². The summed E-state index contributed by atoms with van der Waals surface area (Å²) in [7, 11) is 3.56. The van der Waals surface area contributed by atoms with Crippen molar-refractivity contribution in [3.63, 3.8) is 0 Å². The van der Waals surface area contributed by atoms with Crippen LogP contribution < -0.4 is 10.6 Å². The maximum absolute atomic E-state index is 12.6. The smallest absolute Gasteiger partial charge is 0.267 e. The molecule has 0 bridgehead atoms. The minimum atomic E-state index is -0.0892. The first-order valence-electron chi connectivity index (χ1n) is 9.45. The first-order chi connectivity index (χ1) is 13.0. The fraction of sp³-hybridized carbons (Fsp3) is 0.500. The molecule has 0 saturated carbocycles. The first-order valence-corrected chi connectivity index (χ1v) is 10.3. The van der Waals surface area contributed by atoms with Crippen molar-refractivity contribution >= 4 is 23.2 Å². The van der Waals surface area contributed by atoms with Crippen LogP contribution in [0.1, 0.15) is 59.3 Å². The third kappa shape index (κ3) is 4.42.